The van der Waals surface area contributed by atoms with E-state index in [4.69, 9.17) is 9.47 Å². The van der Waals surface area contributed by atoms with Crippen LogP contribution in [0, 0.1) is 0 Å². The molecule has 0 spiro atoms. The third-order valence-corrected chi connectivity index (χ3v) is 6.40. The number of piperidine rings is 1. The minimum Gasteiger partial charge on any atom is -0.456 e. The lowest BCUT2D eigenvalue weighted by atomic mass is 10.1. The summed E-state index contributed by atoms with van der Waals surface area (Å²) in [6, 6.07) is 6.57. The number of amides is 1. The summed E-state index contributed by atoms with van der Waals surface area (Å²) in [5.41, 5.74) is 0.832. The van der Waals surface area contributed by atoms with E-state index in [2.05, 4.69) is 5.32 Å². The first kappa shape index (κ1) is 22.3. The summed E-state index contributed by atoms with van der Waals surface area (Å²) in [7, 11) is -1.92. The van der Waals surface area contributed by atoms with Gasteiger partial charge in [0.15, 0.2) is 6.61 Å². The number of ether oxygens (including phenoxy) is 2. The molecule has 0 aromatic heterocycles. The van der Waals surface area contributed by atoms with Crippen molar-refractivity contribution in [3.8, 4) is 0 Å². The first-order chi connectivity index (χ1) is 13.4. The Morgan fingerprint density at radius 1 is 1.11 bits per heavy atom. The van der Waals surface area contributed by atoms with E-state index in [0.29, 0.717) is 32.7 Å². The predicted octanol–water partition coefficient (Wildman–Crippen LogP) is 1.10. The van der Waals surface area contributed by atoms with Gasteiger partial charge >= 0.3 is 5.97 Å². The second kappa shape index (κ2) is 11.1. The van der Waals surface area contributed by atoms with E-state index in [1.54, 1.807) is 24.3 Å². The third-order valence-electron chi connectivity index (χ3n) is 4.49. The van der Waals surface area contributed by atoms with Crippen LogP contribution in [-0.4, -0.2) is 64.6 Å². The normalized spacial score (nSPS) is 15.2. The highest BCUT2D eigenvalue weighted by Crippen LogP contribution is 2.21. The Bertz CT molecular complexity index is 742. The monoisotopic (exact) mass is 412 g/mol. The first-order valence-electron chi connectivity index (χ1n) is 9.44. The lowest BCUT2D eigenvalue weighted by Crippen LogP contribution is -2.35. The van der Waals surface area contributed by atoms with E-state index in [0.717, 1.165) is 24.8 Å². The van der Waals surface area contributed by atoms with Crippen molar-refractivity contribution in [1.29, 1.82) is 0 Å². The van der Waals surface area contributed by atoms with Crippen LogP contribution in [0.5, 0.6) is 0 Å². The van der Waals surface area contributed by atoms with Crippen molar-refractivity contribution in [2.45, 2.75) is 37.0 Å². The predicted molar refractivity (Wildman–Crippen MR) is 103 cm³/mol. The molecule has 1 aromatic carbocycles. The second-order valence-corrected chi connectivity index (χ2v) is 8.55. The number of hydrogen-bond donors (Lipinski definition) is 1. The van der Waals surface area contributed by atoms with E-state index in [1.165, 1.54) is 11.4 Å². The molecule has 156 valence electrons. The molecule has 0 bridgehead atoms. The fraction of sp³-hybridized carbons (Fsp3) is 0.579. The molecule has 0 radical (unpaired) electrons. The summed E-state index contributed by atoms with van der Waals surface area (Å²) in [6.45, 7) is 1.56. The molecular weight excluding hydrogens is 384 g/mol. The molecule has 1 heterocycles. The van der Waals surface area contributed by atoms with E-state index in [9.17, 15) is 18.0 Å². The molecule has 0 unspecified atom stereocenters. The topological polar surface area (TPSA) is 102 Å². The molecule has 2 rings (SSSR count). The highest BCUT2D eigenvalue weighted by atomic mass is 32.2. The molecule has 8 nitrogen and oxygen atoms in total. The Hall–Kier alpha value is -1.97. The van der Waals surface area contributed by atoms with Crippen LogP contribution in [0.4, 0.5) is 0 Å². The average molecular weight is 413 g/mol. The van der Waals surface area contributed by atoms with E-state index >= 15 is 0 Å². The molecular formula is C19H28N2O6S. The van der Waals surface area contributed by atoms with E-state index < -0.39 is 16.0 Å². The Morgan fingerprint density at radius 2 is 1.79 bits per heavy atom. The SMILES string of the molecule is COCCNC(=O)COC(=O)CCc1ccc(S(=O)(=O)N2CCCCC2)cc1. The molecule has 0 aliphatic carbocycles. The number of nitrogens with one attached hydrogen (secondary N) is 1. The van der Waals surface area contributed by atoms with E-state index in [1.807, 2.05) is 0 Å². The second-order valence-electron chi connectivity index (χ2n) is 6.61. The van der Waals surface area contributed by atoms with Gasteiger partial charge in [-0.1, -0.05) is 18.6 Å². The fourth-order valence-corrected chi connectivity index (χ4v) is 4.41. The van der Waals surface area contributed by atoms with Gasteiger partial charge in [-0.05, 0) is 37.0 Å². The number of hydrogen-bond acceptors (Lipinski definition) is 6. The van der Waals surface area contributed by atoms with Crippen molar-refractivity contribution in [3.05, 3.63) is 29.8 Å². The standard InChI is InChI=1S/C19H28N2O6S/c1-26-14-11-20-18(22)15-27-19(23)10-7-16-5-8-17(9-6-16)28(24,25)21-12-3-2-4-13-21/h5-6,8-9H,2-4,7,10-15H2,1H3,(H,20,22). The molecule has 1 aromatic rings. The van der Waals surface area contributed by atoms with Crippen LogP contribution in [0.15, 0.2) is 29.2 Å². The van der Waals surface area contributed by atoms with Gasteiger partial charge in [0.05, 0.1) is 11.5 Å². The smallest absolute Gasteiger partial charge is 0.306 e. The molecule has 28 heavy (non-hydrogen) atoms. The number of benzene rings is 1. The molecule has 1 aliphatic heterocycles. The van der Waals surface area contributed by atoms with Crippen LogP contribution in [-0.2, 0) is 35.5 Å². The van der Waals surface area contributed by atoms with Crippen molar-refractivity contribution >= 4 is 21.9 Å². The maximum absolute atomic E-state index is 12.6. The zero-order valence-electron chi connectivity index (χ0n) is 16.2. The van der Waals surface area contributed by atoms with Gasteiger partial charge in [-0.25, -0.2) is 8.42 Å². The van der Waals surface area contributed by atoms with Crippen molar-refractivity contribution in [2.75, 3.05) is 40.0 Å². The van der Waals surface area contributed by atoms with Gasteiger partial charge in [0.2, 0.25) is 10.0 Å². The Balaban J connectivity index is 1.77. The number of methoxy groups -OCH3 is 1. The Kier molecular flexibility index (Phi) is 8.88. The minimum absolute atomic E-state index is 0.115. The minimum atomic E-state index is -3.45. The molecule has 1 N–H and O–H groups in total. The van der Waals surface area contributed by atoms with Crippen LogP contribution in [0.25, 0.3) is 0 Å². The summed E-state index contributed by atoms with van der Waals surface area (Å²) < 4.78 is 36.5. The maximum atomic E-state index is 12.6. The van der Waals surface area contributed by atoms with Crippen molar-refractivity contribution in [3.63, 3.8) is 0 Å². The molecule has 9 heteroatoms. The lowest BCUT2D eigenvalue weighted by molar-refractivity contribution is -0.148. The highest BCUT2D eigenvalue weighted by molar-refractivity contribution is 7.89. The van der Waals surface area contributed by atoms with Crippen LogP contribution in [0.2, 0.25) is 0 Å². The summed E-state index contributed by atoms with van der Waals surface area (Å²) in [6.07, 6.45) is 3.38. The number of aryl methyl sites for hydroxylation is 1. The molecule has 1 fully saturated rings. The maximum Gasteiger partial charge on any atom is 0.306 e. The lowest BCUT2D eigenvalue weighted by Gasteiger charge is -2.25. The largest absolute Gasteiger partial charge is 0.456 e. The van der Waals surface area contributed by atoms with Gasteiger partial charge in [0, 0.05) is 33.2 Å². The fourth-order valence-electron chi connectivity index (χ4n) is 2.89. The summed E-state index contributed by atoms with van der Waals surface area (Å²) in [4.78, 5) is 23.5. The zero-order valence-corrected chi connectivity index (χ0v) is 17.0. The van der Waals surface area contributed by atoms with Gasteiger partial charge in [-0.2, -0.15) is 4.31 Å². The molecule has 1 aliphatic rings. The van der Waals surface area contributed by atoms with Crippen LogP contribution in [0.3, 0.4) is 0 Å². The number of esters is 1. The first-order valence-corrected chi connectivity index (χ1v) is 10.9. The summed E-state index contributed by atoms with van der Waals surface area (Å²) >= 11 is 0. The van der Waals surface area contributed by atoms with E-state index in [-0.39, 0.29) is 23.8 Å². The third kappa shape index (κ3) is 6.88. The molecule has 0 atom stereocenters. The number of carbonyl (C=O) groups is 2. The quantitative estimate of drug-likeness (QED) is 0.456. The Morgan fingerprint density at radius 3 is 2.43 bits per heavy atom. The van der Waals surface area contributed by atoms with Crippen LogP contribution >= 0.6 is 0 Å². The Labute approximate surface area is 166 Å². The zero-order chi connectivity index (χ0) is 20.4. The molecule has 1 amide bonds. The van der Waals surface area contributed by atoms with Gasteiger partial charge in [0.1, 0.15) is 0 Å². The number of nitrogens with zero attached hydrogens (tertiary/aromatic N) is 1. The van der Waals surface area contributed by atoms with Crippen molar-refractivity contribution in [1.82, 2.24) is 9.62 Å². The number of rotatable bonds is 10. The van der Waals surface area contributed by atoms with Crippen molar-refractivity contribution < 1.29 is 27.5 Å². The van der Waals surface area contributed by atoms with Gasteiger partial charge in [-0.3, -0.25) is 9.59 Å². The number of carbonyl (C=O) groups excluding carboxylic acids is 2. The highest BCUT2D eigenvalue weighted by Gasteiger charge is 2.25. The average Bonchev–Trinajstić information content (AvgIpc) is 2.72. The van der Waals surface area contributed by atoms with Crippen LogP contribution < -0.4 is 5.32 Å². The number of sulfonamides is 1. The van der Waals surface area contributed by atoms with Gasteiger partial charge in [0.25, 0.3) is 5.91 Å². The summed E-state index contributed by atoms with van der Waals surface area (Å²) in [5.74, 6) is -0.857. The van der Waals surface area contributed by atoms with Crippen LogP contribution in [0.1, 0.15) is 31.2 Å². The van der Waals surface area contributed by atoms with Gasteiger partial charge < -0.3 is 14.8 Å². The molecule has 1 saturated heterocycles. The van der Waals surface area contributed by atoms with Gasteiger partial charge in [-0.15, -0.1) is 0 Å². The van der Waals surface area contributed by atoms with Crippen molar-refractivity contribution in [2.24, 2.45) is 0 Å². The molecule has 0 saturated carbocycles. The summed E-state index contributed by atoms with van der Waals surface area (Å²) in [5, 5.41) is 2.56.